The van der Waals surface area contributed by atoms with E-state index in [9.17, 15) is 18.0 Å². The van der Waals surface area contributed by atoms with Crippen LogP contribution in [0.25, 0.3) is 0 Å². The van der Waals surface area contributed by atoms with Crippen molar-refractivity contribution in [3.8, 4) is 0 Å². The van der Waals surface area contributed by atoms with Crippen molar-refractivity contribution in [2.45, 2.75) is 12.5 Å². The van der Waals surface area contributed by atoms with Gasteiger partial charge in [-0.25, -0.2) is 9.78 Å². The van der Waals surface area contributed by atoms with E-state index in [0.29, 0.717) is 0 Å². The molecular formula is C12H15F3IN3O3. The SMILES string of the molecule is COC(CN(C)C(=O)Nc1cc(C(F)(F)F)c(I)cn1)OC. The lowest BCUT2D eigenvalue weighted by molar-refractivity contribution is -0.138. The molecule has 6 nitrogen and oxygen atoms in total. The van der Waals surface area contributed by atoms with Gasteiger partial charge in [0.15, 0.2) is 6.29 Å². The molecule has 0 radical (unpaired) electrons. The first-order valence-electron chi connectivity index (χ1n) is 5.99. The number of aromatic nitrogens is 1. The molecule has 1 aromatic heterocycles. The van der Waals surface area contributed by atoms with Crippen molar-refractivity contribution in [1.29, 1.82) is 0 Å². The van der Waals surface area contributed by atoms with Crippen molar-refractivity contribution in [3.63, 3.8) is 0 Å². The minimum atomic E-state index is -4.51. The average molecular weight is 433 g/mol. The maximum Gasteiger partial charge on any atom is 0.417 e. The van der Waals surface area contributed by atoms with Crippen LogP contribution in [0.3, 0.4) is 0 Å². The van der Waals surface area contributed by atoms with Crippen molar-refractivity contribution in [3.05, 3.63) is 21.4 Å². The second kappa shape index (κ2) is 7.92. The molecule has 0 unspecified atom stereocenters. The van der Waals surface area contributed by atoms with Gasteiger partial charge in [-0.15, -0.1) is 0 Å². The zero-order valence-electron chi connectivity index (χ0n) is 12.1. The molecular weight excluding hydrogens is 418 g/mol. The lowest BCUT2D eigenvalue weighted by atomic mass is 10.2. The van der Waals surface area contributed by atoms with Crippen LogP contribution in [0.5, 0.6) is 0 Å². The van der Waals surface area contributed by atoms with Crippen LogP contribution < -0.4 is 5.32 Å². The van der Waals surface area contributed by atoms with E-state index in [2.05, 4.69) is 10.3 Å². The topological polar surface area (TPSA) is 63.7 Å². The van der Waals surface area contributed by atoms with Gasteiger partial charge in [0.2, 0.25) is 0 Å². The highest BCUT2D eigenvalue weighted by atomic mass is 127. The molecule has 0 aliphatic heterocycles. The zero-order valence-corrected chi connectivity index (χ0v) is 14.2. The summed E-state index contributed by atoms with van der Waals surface area (Å²) < 4.78 is 48.2. The van der Waals surface area contributed by atoms with E-state index in [1.807, 2.05) is 0 Å². The summed E-state index contributed by atoms with van der Waals surface area (Å²) in [5, 5.41) is 2.30. The molecule has 0 atom stereocenters. The smallest absolute Gasteiger partial charge is 0.354 e. The number of nitrogens with one attached hydrogen (secondary N) is 1. The molecule has 1 rings (SSSR count). The van der Waals surface area contributed by atoms with Crippen LogP contribution in [0.4, 0.5) is 23.8 Å². The Morgan fingerprint density at radius 2 is 2.05 bits per heavy atom. The highest BCUT2D eigenvalue weighted by Crippen LogP contribution is 2.33. The minimum Gasteiger partial charge on any atom is -0.354 e. The molecule has 0 saturated carbocycles. The molecule has 22 heavy (non-hydrogen) atoms. The first-order chi connectivity index (χ1) is 10.2. The molecule has 0 spiro atoms. The standard InChI is InChI=1S/C12H15F3IN3O3/c1-19(6-10(21-2)22-3)11(20)18-9-4-7(12(13,14)15)8(16)5-17-9/h4-5,10H,6H2,1-3H3,(H,17,18,20). The Bertz CT molecular complexity index is 524. The first-order valence-corrected chi connectivity index (χ1v) is 7.07. The third kappa shape index (κ3) is 5.25. The van der Waals surface area contributed by atoms with Crippen LogP contribution >= 0.6 is 22.6 Å². The lowest BCUT2D eigenvalue weighted by Gasteiger charge is -2.22. The first kappa shape index (κ1) is 18.9. The normalized spacial score (nSPS) is 11.6. The number of amides is 2. The second-order valence-corrected chi connectivity index (χ2v) is 5.42. The number of alkyl halides is 3. The van der Waals surface area contributed by atoms with Gasteiger partial charge in [-0.2, -0.15) is 13.2 Å². The Kier molecular flexibility index (Phi) is 6.81. The largest absolute Gasteiger partial charge is 0.417 e. The fourth-order valence-corrected chi connectivity index (χ4v) is 2.08. The number of carbonyl (C=O) groups excluding carboxylic acids is 1. The van der Waals surface area contributed by atoms with E-state index in [-0.39, 0.29) is 15.9 Å². The van der Waals surface area contributed by atoms with Gasteiger partial charge < -0.3 is 14.4 Å². The Hall–Kier alpha value is -1.14. The maximum absolute atomic E-state index is 12.8. The fourth-order valence-electron chi connectivity index (χ4n) is 1.48. The number of methoxy groups -OCH3 is 2. The summed E-state index contributed by atoms with van der Waals surface area (Å²) in [6.45, 7) is 0.106. The molecule has 0 fully saturated rings. The predicted octanol–water partition coefficient (Wildman–Crippen LogP) is 2.79. The highest BCUT2D eigenvalue weighted by Gasteiger charge is 2.33. The molecule has 0 aliphatic rings. The number of likely N-dealkylation sites (N-methyl/N-ethyl adjacent to an activating group) is 1. The number of urea groups is 1. The summed E-state index contributed by atoms with van der Waals surface area (Å²) in [5.41, 5.74) is -0.854. The third-order valence-corrected chi connectivity index (χ3v) is 3.55. The average Bonchev–Trinajstić information content (AvgIpc) is 2.45. The number of hydrogen-bond donors (Lipinski definition) is 1. The molecule has 0 aliphatic carbocycles. The van der Waals surface area contributed by atoms with E-state index in [4.69, 9.17) is 9.47 Å². The van der Waals surface area contributed by atoms with Crippen molar-refractivity contribution < 1.29 is 27.4 Å². The second-order valence-electron chi connectivity index (χ2n) is 4.26. The Morgan fingerprint density at radius 3 is 2.55 bits per heavy atom. The van der Waals surface area contributed by atoms with Gasteiger partial charge in [-0.3, -0.25) is 5.32 Å². The van der Waals surface area contributed by atoms with E-state index in [1.165, 1.54) is 48.8 Å². The van der Waals surface area contributed by atoms with Crippen molar-refractivity contribution in [1.82, 2.24) is 9.88 Å². The van der Waals surface area contributed by atoms with Gasteiger partial charge >= 0.3 is 12.2 Å². The van der Waals surface area contributed by atoms with Crippen molar-refractivity contribution in [2.75, 3.05) is 33.1 Å². The lowest BCUT2D eigenvalue weighted by Crippen LogP contribution is -2.38. The van der Waals surface area contributed by atoms with Crippen LogP contribution in [0.15, 0.2) is 12.3 Å². The maximum atomic E-state index is 12.8. The number of pyridine rings is 1. The van der Waals surface area contributed by atoms with Crippen LogP contribution in [0.2, 0.25) is 0 Å². The van der Waals surface area contributed by atoms with Gasteiger partial charge in [0.25, 0.3) is 0 Å². The van der Waals surface area contributed by atoms with Crippen LogP contribution in [0.1, 0.15) is 5.56 Å². The zero-order chi connectivity index (χ0) is 16.9. The van der Waals surface area contributed by atoms with Gasteiger partial charge in [-0.05, 0) is 28.7 Å². The predicted molar refractivity (Wildman–Crippen MR) is 81.4 cm³/mol. The quantitative estimate of drug-likeness (QED) is 0.573. The van der Waals surface area contributed by atoms with Gasteiger partial charge in [-0.1, -0.05) is 0 Å². The molecule has 1 N–H and O–H groups in total. The molecule has 0 bridgehead atoms. The highest BCUT2D eigenvalue weighted by molar-refractivity contribution is 14.1. The summed E-state index contributed by atoms with van der Waals surface area (Å²) in [6.07, 6.45) is -4.10. The molecule has 0 aromatic carbocycles. The number of hydrogen-bond acceptors (Lipinski definition) is 4. The monoisotopic (exact) mass is 433 g/mol. The molecule has 10 heteroatoms. The summed E-state index contributed by atoms with van der Waals surface area (Å²) >= 11 is 1.54. The third-order valence-electron chi connectivity index (χ3n) is 2.69. The summed E-state index contributed by atoms with van der Waals surface area (Å²) in [5.74, 6) is -0.184. The number of anilines is 1. The Morgan fingerprint density at radius 1 is 1.45 bits per heavy atom. The number of ether oxygens (including phenoxy) is 2. The number of nitrogens with zero attached hydrogens (tertiary/aromatic N) is 2. The van der Waals surface area contributed by atoms with E-state index in [1.54, 1.807) is 0 Å². The van der Waals surface area contributed by atoms with Crippen molar-refractivity contribution in [2.24, 2.45) is 0 Å². The van der Waals surface area contributed by atoms with Gasteiger partial charge in [0, 0.05) is 31.0 Å². The van der Waals surface area contributed by atoms with Crippen LogP contribution in [-0.2, 0) is 15.7 Å². The van der Waals surface area contributed by atoms with E-state index in [0.717, 1.165) is 12.3 Å². The van der Waals surface area contributed by atoms with Crippen LogP contribution in [0, 0.1) is 3.57 Å². The number of carbonyl (C=O) groups is 1. The Labute approximate surface area is 139 Å². The van der Waals surface area contributed by atoms with Crippen molar-refractivity contribution >= 4 is 34.4 Å². The molecule has 0 saturated heterocycles. The summed E-state index contributed by atoms with van der Waals surface area (Å²) in [6, 6.07) is 0.165. The van der Waals surface area contributed by atoms with Crippen LogP contribution in [-0.4, -0.2) is 50.0 Å². The summed E-state index contributed by atoms with van der Waals surface area (Å²) in [4.78, 5) is 16.9. The van der Waals surface area contributed by atoms with E-state index >= 15 is 0 Å². The molecule has 1 heterocycles. The molecule has 124 valence electrons. The van der Waals surface area contributed by atoms with Gasteiger partial charge in [0.1, 0.15) is 5.82 Å². The number of rotatable bonds is 5. The van der Waals surface area contributed by atoms with E-state index < -0.39 is 24.1 Å². The minimum absolute atomic E-state index is 0.0460. The fraction of sp³-hybridized carbons (Fsp3) is 0.500. The molecule has 2 amide bonds. The summed E-state index contributed by atoms with van der Waals surface area (Å²) in [7, 11) is 4.28. The molecule has 1 aromatic rings. The van der Waals surface area contributed by atoms with Gasteiger partial charge in [0.05, 0.1) is 12.1 Å². The Balaban J connectivity index is 2.80. The number of halogens is 4.